The van der Waals surface area contributed by atoms with E-state index < -0.39 is 0 Å². The Balaban J connectivity index is 2.05. The number of nitrogens with zero attached hydrogens (tertiary/aromatic N) is 3. The van der Waals surface area contributed by atoms with E-state index in [9.17, 15) is 4.79 Å². The Bertz CT molecular complexity index is 650. The van der Waals surface area contributed by atoms with E-state index in [1.807, 2.05) is 13.8 Å². The van der Waals surface area contributed by atoms with E-state index in [2.05, 4.69) is 27.1 Å². The number of aryl methyl sites for hydroxylation is 2. The Morgan fingerprint density at radius 2 is 2.29 bits per heavy atom. The van der Waals surface area contributed by atoms with Crippen LogP contribution in [-0.2, 0) is 4.79 Å². The van der Waals surface area contributed by atoms with Gasteiger partial charge in [-0.05, 0) is 20.8 Å². The number of amides is 1. The quantitative estimate of drug-likeness (QED) is 0.650. The van der Waals surface area contributed by atoms with Gasteiger partial charge in [-0.1, -0.05) is 17.8 Å². The molecule has 0 aliphatic carbocycles. The van der Waals surface area contributed by atoms with Gasteiger partial charge < -0.3 is 9.73 Å². The van der Waals surface area contributed by atoms with Crippen molar-refractivity contribution in [2.24, 2.45) is 0 Å². The number of carbonyl (C=O) groups is 1. The second kappa shape index (κ2) is 6.86. The van der Waals surface area contributed by atoms with Crippen molar-refractivity contribution in [3.05, 3.63) is 23.4 Å². The molecule has 2 aromatic heterocycles. The van der Waals surface area contributed by atoms with Crippen molar-refractivity contribution in [2.45, 2.75) is 31.2 Å². The van der Waals surface area contributed by atoms with Crippen molar-refractivity contribution in [3.63, 3.8) is 0 Å². The number of aromatic nitrogens is 3. The molecule has 0 radical (unpaired) electrons. The summed E-state index contributed by atoms with van der Waals surface area (Å²) in [5, 5.41) is 11.7. The average molecular weight is 324 g/mol. The normalized spacial score (nSPS) is 12.1. The Morgan fingerprint density at radius 3 is 2.90 bits per heavy atom. The number of rotatable bonds is 6. The topological polar surface area (TPSA) is 80.9 Å². The number of thioether (sulfide) groups is 1. The van der Waals surface area contributed by atoms with Crippen LogP contribution >= 0.6 is 23.1 Å². The minimum absolute atomic E-state index is 0.0931. The fraction of sp³-hybridized carbons (Fsp3) is 0.385. The van der Waals surface area contributed by atoms with Gasteiger partial charge in [-0.15, -0.1) is 28.1 Å². The van der Waals surface area contributed by atoms with Crippen LogP contribution in [0.5, 0.6) is 0 Å². The summed E-state index contributed by atoms with van der Waals surface area (Å²) in [6, 6.07) is 0. The lowest BCUT2D eigenvalue weighted by Gasteiger charge is -2.07. The molecule has 8 heteroatoms. The first-order valence-corrected chi connectivity index (χ1v) is 8.04. The first-order valence-electron chi connectivity index (χ1n) is 6.34. The van der Waals surface area contributed by atoms with E-state index in [0.29, 0.717) is 17.7 Å². The number of carbonyl (C=O) groups excluding carboxylic acids is 1. The molecule has 0 fully saturated rings. The van der Waals surface area contributed by atoms with Gasteiger partial charge in [0.1, 0.15) is 4.88 Å². The number of nitrogens with one attached hydrogen (secondary N) is 1. The van der Waals surface area contributed by atoms with Crippen LogP contribution in [0, 0.1) is 13.8 Å². The summed E-state index contributed by atoms with van der Waals surface area (Å²) >= 11 is 2.74. The zero-order valence-corrected chi connectivity index (χ0v) is 13.7. The maximum absolute atomic E-state index is 11.8. The van der Waals surface area contributed by atoms with E-state index in [0.717, 1.165) is 15.6 Å². The Kier molecular flexibility index (Phi) is 5.13. The lowest BCUT2D eigenvalue weighted by atomic mass is 10.4. The van der Waals surface area contributed by atoms with Crippen molar-refractivity contribution < 1.29 is 9.21 Å². The molecule has 1 unspecified atom stereocenters. The van der Waals surface area contributed by atoms with Gasteiger partial charge in [-0.3, -0.25) is 4.79 Å². The predicted molar refractivity (Wildman–Crippen MR) is 83.4 cm³/mol. The molecule has 2 aromatic rings. The fourth-order valence-electron chi connectivity index (χ4n) is 1.60. The summed E-state index contributed by atoms with van der Waals surface area (Å²) in [6.45, 7) is 9.62. The Morgan fingerprint density at radius 1 is 1.52 bits per heavy atom. The summed E-state index contributed by atoms with van der Waals surface area (Å²) in [5.74, 6) is 0.351. The maximum Gasteiger partial charge on any atom is 0.277 e. The summed E-state index contributed by atoms with van der Waals surface area (Å²) in [7, 11) is 0. The predicted octanol–water partition coefficient (Wildman–Crippen LogP) is 2.59. The molecular weight excluding hydrogens is 308 g/mol. The van der Waals surface area contributed by atoms with Crippen molar-refractivity contribution in [1.82, 2.24) is 20.5 Å². The van der Waals surface area contributed by atoms with E-state index in [1.165, 1.54) is 23.1 Å². The lowest BCUT2D eigenvalue weighted by molar-refractivity contribution is -0.120. The van der Waals surface area contributed by atoms with Gasteiger partial charge in [0.2, 0.25) is 5.91 Å². The molecule has 0 aromatic carbocycles. The SMILES string of the molecule is C=CCNC(=O)C(C)Sc1nnc(-c2sc(C)nc2C)o1. The first-order chi connectivity index (χ1) is 10.0. The monoisotopic (exact) mass is 324 g/mol. The third-order valence-corrected chi connectivity index (χ3v) is 4.57. The Labute approximate surface area is 131 Å². The largest absolute Gasteiger partial charge is 0.410 e. The van der Waals surface area contributed by atoms with Crippen LogP contribution in [0.2, 0.25) is 0 Å². The van der Waals surface area contributed by atoms with Gasteiger partial charge in [-0.2, -0.15) is 0 Å². The van der Waals surface area contributed by atoms with Gasteiger partial charge in [0.05, 0.1) is 16.0 Å². The molecule has 112 valence electrons. The highest BCUT2D eigenvalue weighted by molar-refractivity contribution is 8.00. The highest BCUT2D eigenvalue weighted by Gasteiger charge is 2.19. The van der Waals surface area contributed by atoms with Crippen LogP contribution in [-0.4, -0.2) is 32.9 Å². The second-order valence-electron chi connectivity index (χ2n) is 4.31. The summed E-state index contributed by atoms with van der Waals surface area (Å²) in [4.78, 5) is 17.0. The van der Waals surface area contributed by atoms with Crippen LogP contribution in [0.25, 0.3) is 10.8 Å². The van der Waals surface area contributed by atoms with Crippen LogP contribution < -0.4 is 5.32 Å². The smallest absolute Gasteiger partial charge is 0.277 e. The third kappa shape index (κ3) is 3.92. The highest BCUT2D eigenvalue weighted by Crippen LogP contribution is 2.31. The van der Waals surface area contributed by atoms with Crippen LogP contribution in [0.4, 0.5) is 0 Å². The number of hydrogen-bond donors (Lipinski definition) is 1. The molecular formula is C13H16N4O2S2. The molecule has 0 saturated heterocycles. The van der Waals surface area contributed by atoms with E-state index in [1.54, 1.807) is 13.0 Å². The summed E-state index contributed by atoms with van der Waals surface area (Å²) < 4.78 is 5.60. The van der Waals surface area contributed by atoms with E-state index >= 15 is 0 Å². The van der Waals surface area contributed by atoms with E-state index in [4.69, 9.17) is 4.42 Å². The third-order valence-electron chi connectivity index (χ3n) is 2.57. The van der Waals surface area contributed by atoms with Crippen LogP contribution in [0.15, 0.2) is 22.3 Å². The zero-order chi connectivity index (χ0) is 15.4. The molecule has 1 atom stereocenters. The molecule has 2 rings (SSSR count). The molecule has 1 N–H and O–H groups in total. The van der Waals surface area contributed by atoms with Crippen molar-refractivity contribution >= 4 is 29.0 Å². The van der Waals surface area contributed by atoms with Gasteiger partial charge in [-0.25, -0.2) is 4.98 Å². The molecule has 6 nitrogen and oxygen atoms in total. The van der Waals surface area contributed by atoms with Gasteiger partial charge >= 0.3 is 0 Å². The number of hydrogen-bond acceptors (Lipinski definition) is 7. The summed E-state index contributed by atoms with van der Waals surface area (Å²) in [5.41, 5.74) is 0.870. The Hall–Kier alpha value is -1.67. The van der Waals surface area contributed by atoms with Crippen molar-refractivity contribution in [2.75, 3.05) is 6.54 Å². The van der Waals surface area contributed by atoms with Gasteiger partial charge in [0.25, 0.3) is 11.1 Å². The molecule has 1 amide bonds. The van der Waals surface area contributed by atoms with E-state index in [-0.39, 0.29) is 11.2 Å². The molecule has 0 aliphatic heterocycles. The van der Waals surface area contributed by atoms with Crippen molar-refractivity contribution in [1.29, 1.82) is 0 Å². The maximum atomic E-state index is 11.8. The van der Waals surface area contributed by atoms with Gasteiger partial charge in [0.15, 0.2) is 0 Å². The van der Waals surface area contributed by atoms with Crippen LogP contribution in [0.1, 0.15) is 17.6 Å². The average Bonchev–Trinajstić information content (AvgIpc) is 3.02. The molecule has 2 heterocycles. The zero-order valence-electron chi connectivity index (χ0n) is 12.0. The van der Waals surface area contributed by atoms with Gasteiger partial charge in [0, 0.05) is 6.54 Å². The first kappa shape index (κ1) is 15.7. The minimum atomic E-state index is -0.317. The number of thiazole rings is 1. The minimum Gasteiger partial charge on any atom is -0.410 e. The fourth-order valence-corrected chi connectivity index (χ4v) is 3.15. The molecule has 0 saturated carbocycles. The second-order valence-corrected chi connectivity index (χ2v) is 6.81. The lowest BCUT2D eigenvalue weighted by Crippen LogP contribution is -2.30. The van der Waals surface area contributed by atoms with Crippen LogP contribution in [0.3, 0.4) is 0 Å². The molecule has 0 aliphatic rings. The molecule has 0 bridgehead atoms. The van der Waals surface area contributed by atoms with Crippen molar-refractivity contribution in [3.8, 4) is 10.8 Å². The summed E-state index contributed by atoms with van der Waals surface area (Å²) in [6.07, 6.45) is 1.63. The molecule has 21 heavy (non-hydrogen) atoms. The highest BCUT2D eigenvalue weighted by atomic mass is 32.2. The standard InChI is InChI=1S/C13H16N4O2S2/c1-5-6-14-11(18)8(3)20-13-17-16-12(19-13)10-7(2)15-9(4)21-10/h5,8H,1,6H2,2-4H3,(H,14,18). The molecule has 0 spiro atoms.